The van der Waals surface area contributed by atoms with Gasteiger partial charge in [0, 0.05) is 32.2 Å². The molecule has 0 saturated carbocycles. The van der Waals surface area contributed by atoms with E-state index in [4.69, 9.17) is 14.5 Å². The van der Waals surface area contributed by atoms with Gasteiger partial charge in [0.2, 0.25) is 5.91 Å². The zero-order valence-electron chi connectivity index (χ0n) is 18.4. The monoisotopic (exact) mass is 440 g/mol. The van der Waals surface area contributed by atoms with E-state index in [1.165, 1.54) is 7.11 Å². The van der Waals surface area contributed by atoms with Crippen molar-refractivity contribution in [1.29, 1.82) is 0 Å². The van der Waals surface area contributed by atoms with Crippen LogP contribution in [0.1, 0.15) is 52.7 Å². The van der Waals surface area contributed by atoms with Crippen molar-refractivity contribution in [3.63, 3.8) is 0 Å². The van der Waals surface area contributed by atoms with E-state index in [0.717, 1.165) is 19.3 Å². The lowest BCUT2D eigenvalue weighted by Gasteiger charge is -2.36. The molecule has 0 radical (unpaired) electrons. The molecule has 1 atom stereocenters. The summed E-state index contributed by atoms with van der Waals surface area (Å²) in [6.07, 6.45) is 3.08. The second-order valence-corrected chi connectivity index (χ2v) is 8.12. The Morgan fingerprint density at radius 2 is 2.06 bits per heavy atom. The lowest BCUT2D eigenvalue weighted by atomic mass is 9.99. The van der Waals surface area contributed by atoms with Crippen LogP contribution in [0.25, 0.3) is 0 Å². The van der Waals surface area contributed by atoms with Crippen LogP contribution in [-0.4, -0.2) is 65.5 Å². The summed E-state index contributed by atoms with van der Waals surface area (Å²) in [5.74, 6) is 0.882. The van der Waals surface area contributed by atoms with Gasteiger partial charge in [-0.05, 0) is 37.5 Å². The highest BCUT2D eigenvalue weighted by Crippen LogP contribution is 2.31. The first-order chi connectivity index (χ1) is 15.5. The Kier molecular flexibility index (Phi) is 6.55. The van der Waals surface area contributed by atoms with Crippen molar-refractivity contribution in [2.75, 3.05) is 33.9 Å². The molecule has 1 unspecified atom stereocenters. The number of carbonyl (C=O) groups is 2. The average Bonchev–Trinajstić information content (AvgIpc) is 2.83. The predicted molar refractivity (Wildman–Crippen MR) is 116 cm³/mol. The van der Waals surface area contributed by atoms with Crippen molar-refractivity contribution in [3.05, 3.63) is 57.3 Å². The van der Waals surface area contributed by atoms with E-state index in [1.807, 2.05) is 0 Å². The first kappa shape index (κ1) is 22.0. The topological polar surface area (TPSA) is 105 Å². The van der Waals surface area contributed by atoms with Crippen LogP contribution in [0.3, 0.4) is 0 Å². The quantitative estimate of drug-likeness (QED) is 0.759. The maximum absolute atomic E-state index is 13.3. The highest BCUT2D eigenvalue weighted by molar-refractivity contribution is 5.95. The Morgan fingerprint density at radius 3 is 2.84 bits per heavy atom. The van der Waals surface area contributed by atoms with Gasteiger partial charge in [0.15, 0.2) is 0 Å². The minimum absolute atomic E-state index is 0.0117. The van der Waals surface area contributed by atoms with Gasteiger partial charge in [-0.1, -0.05) is 6.07 Å². The van der Waals surface area contributed by atoms with Gasteiger partial charge in [-0.3, -0.25) is 14.4 Å². The maximum atomic E-state index is 13.3. The number of fused-ring (bicyclic) bond motifs is 1. The summed E-state index contributed by atoms with van der Waals surface area (Å²) in [5.41, 5.74) is 1.50. The molecule has 0 spiro atoms. The second kappa shape index (κ2) is 9.52. The lowest BCUT2D eigenvalue weighted by molar-refractivity contribution is -0.136. The molecule has 2 aromatic rings. The summed E-state index contributed by atoms with van der Waals surface area (Å²) in [4.78, 5) is 49.4. The molecule has 9 heteroatoms. The van der Waals surface area contributed by atoms with Crippen LogP contribution in [-0.2, 0) is 22.5 Å². The maximum Gasteiger partial charge on any atom is 0.256 e. The number of methoxy groups -OCH3 is 2. The number of aromatic amines is 1. The van der Waals surface area contributed by atoms with E-state index < -0.39 is 0 Å². The molecule has 170 valence electrons. The predicted octanol–water partition coefficient (Wildman–Crippen LogP) is 1.68. The molecule has 3 heterocycles. The van der Waals surface area contributed by atoms with Crippen molar-refractivity contribution in [2.45, 2.75) is 38.3 Å². The number of nitrogens with one attached hydrogen (secondary N) is 1. The summed E-state index contributed by atoms with van der Waals surface area (Å²) < 4.78 is 10.2. The van der Waals surface area contributed by atoms with E-state index in [0.29, 0.717) is 47.9 Å². The summed E-state index contributed by atoms with van der Waals surface area (Å²) >= 11 is 0. The number of piperidine rings is 1. The standard InChI is InChI=1S/C23H28N4O5/c1-31-14-20(28)26-11-9-18-17(13-26)22(29)25-21(24-18)19-8-3-4-10-27(19)23(30)15-6-5-7-16(12-15)32-2/h5-7,12,19H,3-4,8-11,13-14H2,1-2H3,(H,24,25,29). The van der Waals surface area contributed by atoms with E-state index in [9.17, 15) is 14.4 Å². The third-order valence-corrected chi connectivity index (χ3v) is 6.10. The smallest absolute Gasteiger partial charge is 0.256 e. The fraction of sp³-hybridized carbons (Fsp3) is 0.478. The molecule has 2 aliphatic rings. The first-order valence-corrected chi connectivity index (χ1v) is 10.9. The molecule has 2 aliphatic heterocycles. The van der Waals surface area contributed by atoms with Gasteiger partial charge < -0.3 is 24.3 Å². The van der Waals surface area contributed by atoms with Crippen LogP contribution < -0.4 is 10.3 Å². The normalized spacial score (nSPS) is 18.2. The van der Waals surface area contributed by atoms with Crippen molar-refractivity contribution in [1.82, 2.24) is 19.8 Å². The molecule has 1 aromatic carbocycles. The second-order valence-electron chi connectivity index (χ2n) is 8.12. The van der Waals surface area contributed by atoms with Crippen LogP contribution in [0, 0.1) is 0 Å². The number of H-pyrrole nitrogens is 1. The number of hydrogen-bond donors (Lipinski definition) is 1. The summed E-state index contributed by atoms with van der Waals surface area (Å²) in [5, 5.41) is 0. The molecule has 0 aliphatic carbocycles. The van der Waals surface area contributed by atoms with E-state index in [1.54, 1.807) is 41.2 Å². The van der Waals surface area contributed by atoms with Crippen LogP contribution in [0.4, 0.5) is 0 Å². The molecule has 1 fully saturated rings. The highest BCUT2D eigenvalue weighted by atomic mass is 16.5. The number of rotatable bonds is 5. The Labute approximate surface area is 186 Å². The zero-order valence-corrected chi connectivity index (χ0v) is 18.4. The third-order valence-electron chi connectivity index (χ3n) is 6.10. The van der Waals surface area contributed by atoms with Gasteiger partial charge in [0.05, 0.1) is 31.0 Å². The van der Waals surface area contributed by atoms with Gasteiger partial charge in [0.25, 0.3) is 11.5 Å². The SMILES string of the molecule is COCC(=O)N1CCc2nc(C3CCCCN3C(=O)c3cccc(OC)c3)[nH]c(=O)c2C1. The molecule has 0 bridgehead atoms. The van der Waals surface area contributed by atoms with Crippen LogP contribution in [0.15, 0.2) is 29.1 Å². The summed E-state index contributed by atoms with van der Waals surface area (Å²) in [6.45, 7) is 1.29. The van der Waals surface area contributed by atoms with Gasteiger partial charge in [-0.15, -0.1) is 0 Å². The van der Waals surface area contributed by atoms with Gasteiger partial charge >= 0.3 is 0 Å². The average molecular weight is 441 g/mol. The number of aromatic nitrogens is 2. The number of hydrogen-bond acceptors (Lipinski definition) is 6. The summed E-state index contributed by atoms with van der Waals surface area (Å²) in [7, 11) is 3.04. The third kappa shape index (κ3) is 4.38. The van der Waals surface area contributed by atoms with Crippen molar-refractivity contribution in [3.8, 4) is 5.75 Å². The number of nitrogens with zero attached hydrogens (tertiary/aromatic N) is 3. The van der Waals surface area contributed by atoms with Crippen molar-refractivity contribution >= 4 is 11.8 Å². The van der Waals surface area contributed by atoms with Crippen LogP contribution in [0.2, 0.25) is 0 Å². The Morgan fingerprint density at radius 1 is 1.22 bits per heavy atom. The molecule has 1 N–H and O–H groups in total. The van der Waals surface area contributed by atoms with E-state index >= 15 is 0 Å². The fourth-order valence-electron chi connectivity index (χ4n) is 4.41. The van der Waals surface area contributed by atoms with E-state index in [-0.39, 0.29) is 36.6 Å². The number of carbonyl (C=O) groups excluding carboxylic acids is 2. The minimum atomic E-state index is -0.298. The number of amides is 2. The van der Waals surface area contributed by atoms with Gasteiger partial charge in [-0.25, -0.2) is 4.98 Å². The number of likely N-dealkylation sites (tertiary alicyclic amines) is 1. The highest BCUT2D eigenvalue weighted by Gasteiger charge is 2.32. The van der Waals surface area contributed by atoms with Crippen LogP contribution in [0.5, 0.6) is 5.75 Å². The number of ether oxygens (including phenoxy) is 2. The molecule has 9 nitrogen and oxygen atoms in total. The molecule has 1 saturated heterocycles. The van der Waals surface area contributed by atoms with Crippen molar-refractivity contribution < 1.29 is 19.1 Å². The molecule has 32 heavy (non-hydrogen) atoms. The van der Waals surface area contributed by atoms with Gasteiger partial charge in [-0.2, -0.15) is 0 Å². The fourth-order valence-corrected chi connectivity index (χ4v) is 4.41. The van der Waals surface area contributed by atoms with Crippen molar-refractivity contribution in [2.24, 2.45) is 0 Å². The van der Waals surface area contributed by atoms with Crippen LogP contribution >= 0.6 is 0 Å². The zero-order chi connectivity index (χ0) is 22.7. The molecular weight excluding hydrogens is 412 g/mol. The first-order valence-electron chi connectivity index (χ1n) is 10.9. The Bertz CT molecular complexity index is 1070. The number of benzene rings is 1. The minimum Gasteiger partial charge on any atom is -0.497 e. The molecule has 1 aromatic heterocycles. The lowest BCUT2D eigenvalue weighted by Crippen LogP contribution is -2.43. The summed E-state index contributed by atoms with van der Waals surface area (Å²) in [6, 6.07) is 6.79. The van der Waals surface area contributed by atoms with E-state index in [2.05, 4.69) is 4.98 Å². The largest absolute Gasteiger partial charge is 0.497 e. The Balaban J connectivity index is 1.61. The molecular formula is C23H28N4O5. The van der Waals surface area contributed by atoms with Gasteiger partial charge in [0.1, 0.15) is 18.2 Å². The molecule has 2 amide bonds. The Hall–Kier alpha value is -3.20. The molecule has 4 rings (SSSR count).